The molecule has 0 saturated carbocycles. The number of aromatic nitrogens is 4. The molecule has 17 nitrogen and oxygen atoms in total. The molecule has 0 radical (unpaired) electrons. The van der Waals surface area contributed by atoms with Gasteiger partial charge >= 0.3 is 0 Å². The second-order valence-corrected chi connectivity index (χ2v) is 16.1. The molecule has 2 aromatic heterocycles. The standard InChI is InChI=1S/C44H46FN11O6/c1-62-35-10-6-28(45)22-33(35)41(58)47-24-26-2-4-27(5-3-26)38-37-39(46)48-25-49-40(37)56(51-38)29-12-14-52(15-13-29)16-17-53-18-20-54(21-19-53)30-7-8-31-32(23-30)44(61)55(43(31)60)34-9-11-36(57)50-42(34)59/h2-8,10,22-23,25,29,34H,9,11-21,24H2,1H3,(H,47,58)(H2,46,48,49)(H,50,57,59)/t34-/m0/s1. The van der Waals surface area contributed by atoms with Crippen LogP contribution in [0.5, 0.6) is 5.75 Å². The number of nitrogens with zero attached hydrogens (tertiary/aromatic N) is 8. The van der Waals surface area contributed by atoms with E-state index in [1.807, 2.05) is 35.0 Å². The number of piperidine rings is 2. The van der Waals surface area contributed by atoms with Crippen LogP contribution in [0.3, 0.4) is 0 Å². The van der Waals surface area contributed by atoms with Crippen LogP contribution in [0.15, 0.2) is 67.0 Å². The zero-order valence-electron chi connectivity index (χ0n) is 34.2. The molecule has 4 aliphatic rings. The van der Waals surface area contributed by atoms with E-state index in [1.54, 1.807) is 12.1 Å². The minimum atomic E-state index is -0.987. The quantitative estimate of drug-likeness (QED) is 0.164. The number of hydrogen-bond donors (Lipinski definition) is 3. The number of nitrogens with two attached hydrogens (primary N) is 1. The number of halogens is 1. The molecule has 0 spiro atoms. The summed E-state index contributed by atoms with van der Waals surface area (Å²) in [6, 6.07) is 15.9. The number of anilines is 2. The van der Waals surface area contributed by atoms with E-state index in [1.165, 1.54) is 25.6 Å². The number of piperazine rings is 1. The number of carbonyl (C=O) groups is 5. The molecule has 0 bridgehead atoms. The molecule has 4 N–H and O–H groups in total. The van der Waals surface area contributed by atoms with E-state index in [2.05, 4.69) is 35.3 Å². The highest BCUT2D eigenvalue weighted by atomic mass is 19.1. The average Bonchev–Trinajstić information content (AvgIpc) is 3.80. The van der Waals surface area contributed by atoms with Gasteiger partial charge in [-0.3, -0.25) is 39.1 Å². The number of ether oxygens (including phenoxy) is 1. The van der Waals surface area contributed by atoms with Crippen molar-refractivity contribution in [3.8, 4) is 17.0 Å². The van der Waals surface area contributed by atoms with Crippen molar-refractivity contribution in [2.24, 2.45) is 0 Å². The van der Waals surface area contributed by atoms with Gasteiger partial charge in [0.2, 0.25) is 11.8 Å². The van der Waals surface area contributed by atoms with Crippen LogP contribution in [0, 0.1) is 5.82 Å². The molecule has 5 aromatic rings. The summed E-state index contributed by atoms with van der Waals surface area (Å²) in [6.07, 6.45) is 3.46. The lowest BCUT2D eigenvalue weighted by Gasteiger charge is -2.38. The Morgan fingerprint density at radius 2 is 1.60 bits per heavy atom. The number of nitrogens with one attached hydrogen (secondary N) is 2. The molecule has 0 aliphatic carbocycles. The van der Waals surface area contributed by atoms with Gasteiger partial charge in [-0.05, 0) is 61.2 Å². The minimum Gasteiger partial charge on any atom is -0.496 e. The summed E-state index contributed by atoms with van der Waals surface area (Å²) in [4.78, 5) is 80.5. The first-order chi connectivity index (χ1) is 30.1. The Morgan fingerprint density at radius 1 is 0.871 bits per heavy atom. The predicted octanol–water partition coefficient (Wildman–Crippen LogP) is 3.01. The molecule has 62 heavy (non-hydrogen) atoms. The van der Waals surface area contributed by atoms with E-state index in [4.69, 9.17) is 15.6 Å². The Kier molecular flexibility index (Phi) is 11.1. The fourth-order valence-corrected chi connectivity index (χ4v) is 8.92. The van der Waals surface area contributed by atoms with Gasteiger partial charge in [0.1, 0.15) is 35.4 Å². The Hall–Kier alpha value is -6.79. The highest BCUT2D eigenvalue weighted by Gasteiger charge is 2.45. The first kappa shape index (κ1) is 40.6. The minimum absolute atomic E-state index is 0.0806. The maximum Gasteiger partial charge on any atom is 0.262 e. The van der Waals surface area contributed by atoms with Crippen LogP contribution in [0.2, 0.25) is 0 Å². The van der Waals surface area contributed by atoms with Gasteiger partial charge in [0.25, 0.3) is 17.7 Å². The lowest BCUT2D eigenvalue weighted by Crippen LogP contribution is -2.54. The number of benzene rings is 3. The van der Waals surface area contributed by atoms with Crippen molar-refractivity contribution in [2.75, 3.05) is 70.1 Å². The molecule has 3 fully saturated rings. The molecule has 320 valence electrons. The van der Waals surface area contributed by atoms with Gasteiger partial charge in [0, 0.05) is 76.6 Å². The highest BCUT2D eigenvalue weighted by Crippen LogP contribution is 2.35. The summed E-state index contributed by atoms with van der Waals surface area (Å²) in [5.41, 5.74) is 11.0. The topological polar surface area (TPSA) is 201 Å². The van der Waals surface area contributed by atoms with Crippen molar-refractivity contribution in [3.63, 3.8) is 0 Å². The molecule has 4 aliphatic heterocycles. The first-order valence-corrected chi connectivity index (χ1v) is 20.8. The molecular weight excluding hydrogens is 798 g/mol. The summed E-state index contributed by atoms with van der Waals surface area (Å²) in [6.45, 7) is 7.14. The van der Waals surface area contributed by atoms with Crippen LogP contribution in [-0.4, -0.2) is 129 Å². The third-order valence-corrected chi connectivity index (χ3v) is 12.4. The van der Waals surface area contributed by atoms with Crippen LogP contribution in [0.1, 0.15) is 68.4 Å². The van der Waals surface area contributed by atoms with Gasteiger partial charge in [-0.2, -0.15) is 5.10 Å². The lowest BCUT2D eigenvalue weighted by molar-refractivity contribution is -0.136. The van der Waals surface area contributed by atoms with E-state index in [-0.39, 0.29) is 36.6 Å². The molecule has 3 aromatic carbocycles. The van der Waals surface area contributed by atoms with Gasteiger partial charge in [0.05, 0.1) is 35.2 Å². The molecule has 18 heteroatoms. The van der Waals surface area contributed by atoms with E-state index in [9.17, 15) is 28.4 Å². The van der Waals surface area contributed by atoms with Crippen LogP contribution < -0.4 is 26.0 Å². The third-order valence-electron chi connectivity index (χ3n) is 12.4. The molecular formula is C44H46FN11O6. The molecule has 9 rings (SSSR count). The van der Waals surface area contributed by atoms with Crippen molar-refractivity contribution in [1.29, 1.82) is 0 Å². The van der Waals surface area contributed by atoms with Crippen LogP contribution in [0.25, 0.3) is 22.3 Å². The summed E-state index contributed by atoms with van der Waals surface area (Å²) in [7, 11) is 1.43. The van der Waals surface area contributed by atoms with Crippen LogP contribution in [-0.2, 0) is 16.1 Å². The summed E-state index contributed by atoms with van der Waals surface area (Å²) in [5.74, 6) is -2.34. The van der Waals surface area contributed by atoms with Crippen molar-refractivity contribution >= 4 is 52.1 Å². The molecule has 5 amide bonds. The maximum atomic E-state index is 13.8. The van der Waals surface area contributed by atoms with Crippen LogP contribution in [0.4, 0.5) is 15.9 Å². The van der Waals surface area contributed by atoms with E-state index in [0.29, 0.717) is 33.9 Å². The van der Waals surface area contributed by atoms with Gasteiger partial charge in [-0.25, -0.2) is 19.0 Å². The maximum absolute atomic E-state index is 13.8. The van der Waals surface area contributed by atoms with Crippen molar-refractivity contribution in [3.05, 3.63) is 95.1 Å². The van der Waals surface area contributed by atoms with Gasteiger partial charge in [-0.15, -0.1) is 0 Å². The first-order valence-electron chi connectivity index (χ1n) is 20.8. The largest absolute Gasteiger partial charge is 0.496 e. The number of fused-ring (bicyclic) bond motifs is 2. The van der Waals surface area contributed by atoms with Gasteiger partial charge < -0.3 is 25.6 Å². The van der Waals surface area contributed by atoms with Crippen molar-refractivity contribution < 1.29 is 33.1 Å². The van der Waals surface area contributed by atoms with E-state index < -0.39 is 41.4 Å². The fourth-order valence-electron chi connectivity index (χ4n) is 8.92. The number of hydrogen-bond acceptors (Lipinski definition) is 13. The van der Waals surface area contributed by atoms with E-state index >= 15 is 0 Å². The molecule has 0 unspecified atom stereocenters. The number of likely N-dealkylation sites (tertiary alicyclic amines) is 1. The second-order valence-electron chi connectivity index (χ2n) is 16.1. The number of imide groups is 2. The average molecular weight is 844 g/mol. The summed E-state index contributed by atoms with van der Waals surface area (Å²) >= 11 is 0. The lowest BCUT2D eigenvalue weighted by atomic mass is 10.0. The fraction of sp³-hybridized carbons (Fsp3) is 0.364. The van der Waals surface area contributed by atoms with Gasteiger partial charge in [0.15, 0.2) is 5.65 Å². The Balaban J connectivity index is 0.774. The van der Waals surface area contributed by atoms with Crippen LogP contribution >= 0.6 is 0 Å². The highest BCUT2D eigenvalue weighted by molar-refractivity contribution is 6.23. The predicted molar refractivity (Wildman–Crippen MR) is 226 cm³/mol. The molecule has 6 heterocycles. The number of methoxy groups -OCH3 is 1. The number of amides is 5. The monoisotopic (exact) mass is 843 g/mol. The Morgan fingerprint density at radius 3 is 2.32 bits per heavy atom. The molecule has 3 saturated heterocycles. The van der Waals surface area contributed by atoms with Crippen molar-refractivity contribution in [2.45, 2.75) is 44.3 Å². The smallest absolute Gasteiger partial charge is 0.262 e. The Bertz CT molecular complexity index is 2580. The normalized spacial score (nSPS) is 19.0. The van der Waals surface area contributed by atoms with E-state index in [0.717, 1.165) is 93.0 Å². The zero-order valence-corrected chi connectivity index (χ0v) is 34.2. The summed E-state index contributed by atoms with van der Waals surface area (Å²) in [5, 5.41) is 10.8. The molecule has 1 atom stereocenters. The van der Waals surface area contributed by atoms with Crippen molar-refractivity contribution in [1.82, 2.24) is 45.1 Å². The number of carbonyl (C=O) groups excluding carboxylic acids is 5. The second kappa shape index (κ2) is 16.9. The number of nitrogen functional groups attached to an aromatic ring is 1. The SMILES string of the molecule is COc1ccc(F)cc1C(=O)NCc1ccc(-c2nn(C3CCN(CCN4CCN(c5ccc6c(c5)C(=O)N([C@H]5CCC(=O)NC5=O)C6=O)CC4)CC3)c3ncnc(N)c23)cc1. The van der Waals surface area contributed by atoms with Gasteiger partial charge in [-0.1, -0.05) is 24.3 Å². The summed E-state index contributed by atoms with van der Waals surface area (Å²) < 4.78 is 21.1. The number of rotatable bonds is 11. The zero-order chi connectivity index (χ0) is 43.1. The third kappa shape index (κ3) is 7.82. The Labute approximate surface area is 356 Å².